The molecule has 16 heavy (non-hydrogen) atoms. The monoisotopic (exact) mass is 223 g/mol. The summed E-state index contributed by atoms with van der Waals surface area (Å²) in [6, 6.07) is 4.76. The van der Waals surface area contributed by atoms with E-state index in [-0.39, 0.29) is 24.3 Å². The SMILES string of the molecule is Cc1c(O)cccc1C(=O)NC(C)CCO. The summed E-state index contributed by atoms with van der Waals surface area (Å²) < 4.78 is 0. The Morgan fingerprint density at radius 1 is 1.50 bits per heavy atom. The van der Waals surface area contributed by atoms with E-state index in [0.717, 1.165) is 0 Å². The Morgan fingerprint density at radius 3 is 2.81 bits per heavy atom. The Balaban J connectivity index is 2.77. The number of benzene rings is 1. The van der Waals surface area contributed by atoms with Crippen molar-refractivity contribution in [2.45, 2.75) is 26.3 Å². The summed E-state index contributed by atoms with van der Waals surface area (Å²) in [6.45, 7) is 3.56. The van der Waals surface area contributed by atoms with Crippen molar-refractivity contribution in [3.63, 3.8) is 0 Å². The average molecular weight is 223 g/mol. The van der Waals surface area contributed by atoms with E-state index in [0.29, 0.717) is 17.5 Å². The lowest BCUT2D eigenvalue weighted by atomic mass is 10.1. The van der Waals surface area contributed by atoms with Crippen molar-refractivity contribution in [2.75, 3.05) is 6.61 Å². The van der Waals surface area contributed by atoms with E-state index in [4.69, 9.17) is 5.11 Å². The highest BCUT2D eigenvalue weighted by Crippen LogP contribution is 2.19. The molecule has 4 nitrogen and oxygen atoms in total. The van der Waals surface area contributed by atoms with Crippen LogP contribution in [0.1, 0.15) is 29.3 Å². The molecule has 0 aliphatic rings. The summed E-state index contributed by atoms with van der Waals surface area (Å²) >= 11 is 0. The summed E-state index contributed by atoms with van der Waals surface area (Å²) in [5.74, 6) is -0.114. The molecule has 1 atom stereocenters. The molecule has 0 fully saturated rings. The van der Waals surface area contributed by atoms with E-state index in [2.05, 4.69) is 5.32 Å². The molecule has 88 valence electrons. The highest BCUT2D eigenvalue weighted by molar-refractivity contribution is 5.96. The van der Waals surface area contributed by atoms with E-state index in [1.54, 1.807) is 25.1 Å². The minimum absolute atomic E-state index is 0.0421. The molecule has 1 amide bonds. The molecule has 0 saturated carbocycles. The van der Waals surface area contributed by atoms with Gasteiger partial charge in [-0.3, -0.25) is 4.79 Å². The van der Waals surface area contributed by atoms with Crippen LogP contribution in [-0.4, -0.2) is 28.8 Å². The maximum absolute atomic E-state index is 11.8. The number of aliphatic hydroxyl groups is 1. The fourth-order valence-corrected chi connectivity index (χ4v) is 1.44. The number of carbonyl (C=O) groups excluding carboxylic acids is 1. The minimum Gasteiger partial charge on any atom is -0.508 e. The number of nitrogens with one attached hydrogen (secondary N) is 1. The van der Waals surface area contributed by atoms with E-state index >= 15 is 0 Å². The summed E-state index contributed by atoms with van der Waals surface area (Å²) in [4.78, 5) is 11.8. The Hall–Kier alpha value is -1.55. The molecule has 1 aromatic rings. The number of aromatic hydroxyl groups is 1. The molecule has 0 bridgehead atoms. The first-order chi connectivity index (χ1) is 7.56. The third kappa shape index (κ3) is 2.97. The van der Waals surface area contributed by atoms with Crippen LogP contribution in [0.2, 0.25) is 0 Å². The van der Waals surface area contributed by atoms with Crippen molar-refractivity contribution in [2.24, 2.45) is 0 Å². The van der Waals surface area contributed by atoms with Gasteiger partial charge in [0, 0.05) is 23.8 Å². The first-order valence-corrected chi connectivity index (χ1v) is 5.26. The van der Waals surface area contributed by atoms with Crippen LogP contribution < -0.4 is 5.32 Å². The van der Waals surface area contributed by atoms with Crippen LogP contribution >= 0.6 is 0 Å². The van der Waals surface area contributed by atoms with Crippen molar-refractivity contribution < 1.29 is 15.0 Å². The second-order valence-electron chi connectivity index (χ2n) is 3.84. The average Bonchev–Trinajstić information content (AvgIpc) is 2.22. The molecular weight excluding hydrogens is 206 g/mol. The Labute approximate surface area is 94.9 Å². The maximum Gasteiger partial charge on any atom is 0.251 e. The van der Waals surface area contributed by atoms with Crippen LogP contribution in [0.4, 0.5) is 0 Å². The lowest BCUT2D eigenvalue weighted by Gasteiger charge is -2.13. The highest BCUT2D eigenvalue weighted by Gasteiger charge is 2.13. The third-order valence-electron chi connectivity index (χ3n) is 2.49. The summed E-state index contributed by atoms with van der Waals surface area (Å²) in [5, 5.41) is 20.9. The van der Waals surface area contributed by atoms with Gasteiger partial charge in [-0.25, -0.2) is 0 Å². The van der Waals surface area contributed by atoms with Gasteiger partial charge >= 0.3 is 0 Å². The van der Waals surface area contributed by atoms with E-state index in [1.165, 1.54) is 0 Å². The van der Waals surface area contributed by atoms with Gasteiger partial charge in [0.1, 0.15) is 5.75 Å². The number of carbonyl (C=O) groups is 1. The van der Waals surface area contributed by atoms with Crippen LogP contribution in [-0.2, 0) is 0 Å². The quantitative estimate of drug-likeness (QED) is 0.718. The number of amides is 1. The van der Waals surface area contributed by atoms with Gasteiger partial charge in [0.25, 0.3) is 5.91 Å². The molecule has 0 aliphatic carbocycles. The Bertz CT molecular complexity index is 377. The predicted molar refractivity (Wildman–Crippen MR) is 61.5 cm³/mol. The van der Waals surface area contributed by atoms with Crippen molar-refractivity contribution in [1.82, 2.24) is 5.32 Å². The zero-order chi connectivity index (χ0) is 12.1. The molecule has 1 unspecified atom stereocenters. The Morgan fingerprint density at radius 2 is 2.19 bits per heavy atom. The molecule has 0 radical (unpaired) electrons. The fraction of sp³-hybridized carbons (Fsp3) is 0.417. The number of hydrogen-bond acceptors (Lipinski definition) is 3. The highest BCUT2D eigenvalue weighted by atomic mass is 16.3. The van der Waals surface area contributed by atoms with Crippen LogP contribution in [0.25, 0.3) is 0 Å². The normalized spacial score (nSPS) is 12.2. The largest absolute Gasteiger partial charge is 0.508 e. The molecule has 1 rings (SSSR count). The number of hydrogen-bond donors (Lipinski definition) is 3. The van der Waals surface area contributed by atoms with Gasteiger partial charge in [0.05, 0.1) is 0 Å². The third-order valence-corrected chi connectivity index (χ3v) is 2.49. The van der Waals surface area contributed by atoms with E-state index in [9.17, 15) is 9.90 Å². The molecule has 0 aliphatic heterocycles. The van der Waals surface area contributed by atoms with Gasteiger partial charge in [0.15, 0.2) is 0 Å². The number of phenols is 1. The molecule has 0 heterocycles. The van der Waals surface area contributed by atoms with Gasteiger partial charge in [-0.1, -0.05) is 6.07 Å². The van der Waals surface area contributed by atoms with Gasteiger partial charge in [-0.2, -0.15) is 0 Å². The second kappa shape index (κ2) is 5.51. The smallest absolute Gasteiger partial charge is 0.251 e. The van der Waals surface area contributed by atoms with Gasteiger partial charge in [0.2, 0.25) is 0 Å². The van der Waals surface area contributed by atoms with Crippen LogP contribution in [0.3, 0.4) is 0 Å². The first kappa shape index (κ1) is 12.5. The molecule has 0 saturated heterocycles. The summed E-state index contributed by atoms with van der Waals surface area (Å²) in [5.41, 5.74) is 1.03. The van der Waals surface area contributed by atoms with Crippen LogP contribution in [0, 0.1) is 6.92 Å². The summed E-state index contributed by atoms with van der Waals surface area (Å²) in [7, 11) is 0. The van der Waals surface area contributed by atoms with E-state index in [1.807, 2.05) is 6.92 Å². The first-order valence-electron chi connectivity index (χ1n) is 5.26. The molecular formula is C12H17NO3. The minimum atomic E-state index is -0.227. The molecule has 0 spiro atoms. The van der Waals surface area contributed by atoms with E-state index < -0.39 is 0 Å². The number of rotatable bonds is 4. The number of phenolic OH excluding ortho intramolecular Hbond substituents is 1. The maximum atomic E-state index is 11.8. The lowest BCUT2D eigenvalue weighted by molar-refractivity contribution is 0.0933. The van der Waals surface area contributed by atoms with Crippen molar-refractivity contribution in [3.05, 3.63) is 29.3 Å². The standard InChI is InChI=1S/C12H17NO3/c1-8(6-7-14)13-12(16)10-4-3-5-11(15)9(10)2/h3-5,8,14-15H,6-7H2,1-2H3,(H,13,16). The van der Waals surface area contributed by atoms with Gasteiger partial charge < -0.3 is 15.5 Å². The topological polar surface area (TPSA) is 69.6 Å². The zero-order valence-electron chi connectivity index (χ0n) is 9.53. The summed E-state index contributed by atoms with van der Waals surface area (Å²) in [6.07, 6.45) is 0.517. The fourth-order valence-electron chi connectivity index (χ4n) is 1.44. The predicted octanol–water partition coefficient (Wildman–Crippen LogP) is 1.20. The molecule has 3 N–H and O–H groups in total. The molecule has 0 aromatic heterocycles. The van der Waals surface area contributed by atoms with Crippen molar-refractivity contribution in [3.8, 4) is 5.75 Å². The van der Waals surface area contributed by atoms with Crippen LogP contribution in [0.5, 0.6) is 5.75 Å². The molecule has 4 heteroatoms. The zero-order valence-corrected chi connectivity index (χ0v) is 9.53. The van der Waals surface area contributed by atoms with Crippen LogP contribution in [0.15, 0.2) is 18.2 Å². The van der Waals surface area contributed by atoms with Crippen molar-refractivity contribution in [1.29, 1.82) is 0 Å². The van der Waals surface area contributed by atoms with Gasteiger partial charge in [-0.05, 0) is 32.4 Å². The van der Waals surface area contributed by atoms with Gasteiger partial charge in [-0.15, -0.1) is 0 Å². The van der Waals surface area contributed by atoms with Crippen molar-refractivity contribution >= 4 is 5.91 Å². The number of aliphatic hydroxyl groups excluding tert-OH is 1. The molecule has 1 aromatic carbocycles. The lowest BCUT2D eigenvalue weighted by Crippen LogP contribution is -2.33. The second-order valence-corrected chi connectivity index (χ2v) is 3.84. The Kier molecular flexibility index (Phi) is 4.31.